The van der Waals surface area contributed by atoms with E-state index in [-0.39, 0.29) is 35.1 Å². The number of ether oxygens (including phenoxy) is 2. The molecule has 2 aliphatic heterocycles. The molecule has 2 aliphatic rings. The zero-order chi connectivity index (χ0) is 44.2. The monoisotopic (exact) mass is 860 g/mol. The molecule has 5 aromatic rings. The van der Waals surface area contributed by atoms with Gasteiger partial charge in [0.05, 0.1) is 48.7 Å². The zero-order valence-electron chi connectivity index (χ0n) is 36.6. The number of aryl methyl sites for hydroxylation is 1. The summed E-state index contributed by atoms with van der Waals surface area (Å²) in [5.74, 6) is 0.978. The number of carbonyl (C=O) groups excluding carboxylic acids is 4. The fraction of sp³-hybridized carbons (Fsp3) is 0.404. The van der Waals surface area contributed by atoms with Crippen LogP contribution < -0.4 is 10.6 Å². The summed E-state index contributed by atoms with van der Waals surface area (Å²) in [5.41, 5.74) is 7.31. The summed E-state index contributed by atoms with van der Waals surface area (Å²) in [6, 6.07) is 17.6. The van der Waals surface area contributed by atoms with Gasteiger partial charge in [0.25, 0.3) is 5.91 Å². The van der Waals surface area contributed by atoms with Crippen molar-refractivity contribution in [3.05, 3.63) is 107 Å². The molecule has 15 heteroatoms. The van der Waals surface area contributed by atoms with Crippen LogP contribution in [0, 0.1) is 12.8 Å². The number of aromatic nitrogens is 4. The van der Waals surface area contributed by atoms with Crippen LogP contribution in [0.2, 0.25) is 0 Å². The molecule has 0 saturated carbocycles. The number of amides is 4. The topological polar surface area (TPSA) is 175 Å². The van der Waals surface area contributed by atoms with Gasteiger partial charge in [-0.25, -0.2) is 19.6 Å². The molecule has 2 saturated heterocycles. The van der Waals surface area contributed by atoms with E-state index in [1.54, 1.807) is 11.8 Å². The maximum Gasteiger partial charge on any atom is 0.407 e. The Hall–Kier alpha value is -6.09. The number of imidazole rings is 2. The number of thioether (sulfide) groups is 1. The lowest BCUT2D eigenvalue weighted by atomic mass is 10.0. The number of hydrogen-bond acceptors (Lipinski definition) is 9. The van der Waals surface area contributed by atoms with Gasteiger partial charge < -0.3 is 39.9 Å². The van der Waals surface area contributed by atoms with Crippen LogP contribution >= 0.6 is 11.8 Å². The van der Waals surface area contributed by atoms with Crippen molar-refractivity contribution >= 4 is 68.7 Å². The Morgan fingerprint density at radius 2 is 1.56 bits per heavy atom. The van der Waals surface area contributed by atoms with Crippen molar-refractivity contribution in [1.29, 1.82) is 0 Å². The van der Waals surface area contributed by atoms with E-state index in [1.807, 2.05) is 80.1 Å². The number of H-pyrrole nitrogens is 2. The number of likely N-dealkylation sites (tertiary alicyclic amines) is 2. The Balaban J connectivity index is 1.10. The number of nitrogens with one attached hydrogen (secondary N) is 4. The number of fused-ring (bicyclic) bond motifs is 3. The Kier molecular flexibility index (Phi) is 13.4. The minimum absolute atomic E-state index is 0.116. The predicted octanol–water partition coefficient (Wildman–Crippen LogP) is 8.40. The molecule has 7 rings (SSSR count). The van der Waals surface area contributed by atoms with Crippen molar-refractivity contribution in [3.8, 4) is 0 Å². The Morgan fingerprint density at radius 3 is 2.27 bits per heavy atom. The number of benzene rings is 3. The van der Waals surface area contributed by atoms with E-state index in [4.69, 9.17) is 19.4 Å². The second-order valence-electron chi connectivity index (χ2n) is 16.4. The van der Waals surface area contributed by atoms with Crippen LogP contribution in [0.15, 0.2) is 72.8 Å². The van der Waals surface area contributed by atoms with Gasteiger partial charge in [0.2, 0.25) is 5.91 Å². The number of methoxy groups -OCH3 is 2. The molecule has 0 radical (unpaired) electrons. The fourth-order valence-corrected chi connectivity index (χ4v) is 9.31. The number of rotatable bonds is 12. The molecule has 4 heterocycles. The van der Waals surface area contributed by atoms with Crippen molar-refractivity contribution in [2.75, 3.05) is 33.6 Å². The summed E-state index contributed by atoms with van der Waals surface area (Å²) in [4.78, 5) is 73.1. The van der Waals surface area contributed by atoms with E-state index in [1.165, 1.54) is 14.2 Å². The molecule has 4 N–H and O–H groups in total. The van der Waals surface area contributed by atoms with E-state index in [9.17, 15) is 19.2 Å². The highest BCUT2D eigenvalue weighted by Gasteiger charge is 2.41. The first-order valence-corrected chi connectivity index (χ1v) is 22.3. The molecule has 0 unspecified atom stereocenters. The molecule has 0 aliphatic carbocycles. The molecule has 5 atom stereocenters. The third-order valence-electron chi connectivity index (χ3n) is 12.1. The van der Waals surface area contributed by atoms with Crippen LogP contribution in [0.5, 0.6) is 0 Å². The highest BCUT2D eigenvalue weighted by atomic mass is 32.2. The number of aromatic amines is 2. The maximum absolute atomic E-state index is 14.2. The van der Waals surface area contributed by atoms with Crippen LogP contribution in [-0.2, 0) is 19.1 Å². The molecule has 0 bridgehead atoms. The number of hydrogen-bond donors (Lipinski definition) is 4. The van der Waals surface area contributed by atoms with Gasteiger partial charge in [0.15, 0.2) is 0 Å². The van der Waals surface area contributed by atoms with Crippen LogP contribution in [0.3, 0.4) is 0 Å². The number of allylic oxidation sites excluding steroid dienone is 4. The first kappa shape index (κ1) is 44.0. The second kappa shape index (κ2) is 18.9. The SMILES string of the molecule is COC(=O)N[C@H](C(=O)N1CCC[C@H]1c1nc2ccc3cc(/C(C)=C/C=C(\C)c4[nH]c([C@@H]5C[C@H](SC)CN5C(=O)[C@H](NC(=O)OC)c5ccccc5)nc4C)ccc3c2[nH]1)C(C)C. The average molecular weight is 861 g/mol. The molecule has 326 valence electrons. The summed E-state index contributed by atoms with van der Waals surface area (Å²) in [7, 11) is 2.58. The fourth-order valence-electron chi connectivity index (χ4n) is 8.63. The molecule has 4 amide bonds. The van der Waals surface area contributed by atoms with Gasteiger partial charge >= 0.3 is 12.2 Å². The van der Waals surface area contributed by atoms with E-state index >= 15 is 0 Å². The van der Waals surface area contributed by atoms with E-state index < -0.39 is 24.3 Å². The summed E-state index contributed by atoms with van der Waals surface area (Å²) in [6.45, 7) is 11.0. The Bertz CT molecular complexity index is 2530. The van der Waals surface area contributed by atoms with Crippen molar-refractivity contribution < 1.29 is 28.7 Å². The molecule has 62 heavy (non-hydrogen) atoms. The van der Waals surface area contributed by atoms with E-state index in [0.29, 0.717) is 24.5 Å². The number of alkyl carbamates (subject to hydrolysis) is 2. The minimum Gasteiger partial charge on any atom is -0.453 e. The van der Waals surface area contributed by atoms with Crippen LogP contribution in [-0.4, -0.2) is 98.6 Å². The third kappa shape index (κ3) is 9.08. The molecule has 0 spiro atoms. The van der Waals surface area contributed by atoms with Crippen molar-refractivity contribution in [1.82, 2.24) is 40.4 Å². The minimum atomic E-state index is -0.905. The summed E-state index contributed by atoms with van der Waals surface area (Å²) < 4.78 is 9.68. The molecule has 2 fully saturated rings. The van der Waals surface area contributed by atoms with Crippen molar-refractivity contribution in [2.24, 2.45) is 5.92 Å². The average Bonchev–Trinajstić information content (AvgIpc) is 4.11. The molecule has 2 aromatic heterocycles. The van der Waals surface area contributed by atoms with Gasteiger partial charge in [-0.1, -0.05) is 74.5 Å². The van der Waals surface area contributed by atoms with Gasteiger partial charge in [-0.2, -0.15) is 11.8 Å². The molecular formula is C47H56N8O6S. The van der Waals surface area contributed by atoms with Crippen LogP contribution in [0.1, 0.15) is 99.2 Å². The normalized spacial score (nSPS) is 19.3. The number of nitrogens with zero attached hydrogens (tertiary/aromatic N) is 4. The van der Waals surface area contributed by atoms with E-state index in [2.05, 4.69) is 63.9 Å². The molecular weight excluding hydrogens is 805 g/mol. The Labute approximate surface area is 366 Å². The zero-order valence-corrected chi connectivity index (χ0v) is 37.4. The molecule has 3 aromatic carbocycles. The first-order chi connectivity index (χ1) is 29.8. The van der Waals surface area contributed by atoms with Gasteiger partial charge in [-0.15, -0.1) is 0 Å². The highest BCUT2D eigenvalue weighted by Crippen LogP contribution is 2.39. The third-order valence-corrected chi connectivity index (χ3v) is 13.1. The second-order valence-corrected chi connectivity index (χ2v) is 17.6. The lowest BCUT2D eigenvalue weighted by Gasteiger charge is -2.29. The van der Waals surface area contributed by atoms with Crippen molar-refractivity contribution in [3.63, 3.8) is 0 Å². The quantitative estimate of drug-likeness (QED) is 0.0899. The maximum atomic E-state index is 14.2. The van der Waals surface area contributed by atoms with Gasteiger partial charge in [-0.3, -0.25) is 9.59 Å². The first-order valence-electron chi connectivity index (χ1n) is 21.0. The van der Waals surface area contributed by atoms with Gasteiger partial charge in [0, 0.05) is 23.7 Å². The highest BCUT2D eigenvalue weighted by molar-refractivity contribution is 7.99. The van der Waals surface area contributed by atoms with Crippen molar-refractivity contribution in [2.45, 2.75) is 83.3 Å². The predicted molar refractivity (Wildman–Crippen MR) is 243 cm³/mol. The largest absolute Gasteiger partial charge is 0.453 e. The summed E-state index contributed by atoms with van der Waals surface area (Å²) in [5, 5.41) is 7.77. The van der Waals surface area contributed by atoms with Crippen LogP contribution in [0.25, 0.3) is 33.0 Å². The summed E-state index contributed by atoms with van der Waals surface area (Å²) >= 11 is 1.72. The lowest BCUT2D eigenvalue weighted by molar-refractivity contribution is -0.135. The summed E-state index contributed by atoms with van der Waals surface area (Å²) in [6.07, 6.45) is 7.28. The standard InChI is InChI=1S/C47H56N8O6S/c1-26(2)38(52-46(58)60-6)44(56)54-22-12-15-36(54)42-49-35-21-19-32-23-31(18-20-34(32)41(35)51-42)27(3)16-17-28(4)39-29(5)48-43(50-39)37-24-33(62-8)25-55(37)45(57)40(53-47(59)61-7)30-13-10-9-11-14-30/h9-11,13-14,16-21,23,26,33,36-38,40H,12,15,22,24-25H2,1-8H3,(H,48,50)(H,49,51)(H,52,58)(H,53,59)/b27-16+,28-17+/t33-,36-,37-,38-,40+/m0/s1. The van der Waals surface area contributed by atoms with Gasteiger partial charge in [-0.05, 0) is 92.0 Å². The Morgan fingerprint density at radius 1 is 0.855 bits per heavy atom. The molecule has 14 nitrogen and oxygen atoms in total. The van der Waals surface area contributed by atoms with Gasteiger partial charge in [0.1, 0.15) is 23.7 Å². The van der Waals surface area contributed by atoms with Crippen LogP contribution in [0.4, 0.5) is 9.59 Å². The lowest BCUT2D eigenvalue weighted by Crippen LogP contribution is -2.51. The smallest absolute Gasteiger partial charge is 0.407 e. The van der Waals surface area contributed by atoms with E-state index in [0.717, 1.165) is 75.0 Å². The number of carbonyl (C=O) groups is 4.